The lowest BCUT2D eigenvalue weighted by Gasteiger charge is -2.31. The standard InChI is InChI=1S/C18H25N3O2S/c1-15-3-4-17(24-15)12-20-9-10-22-14-18(13-20)6-5-16(23-18)11-21-8-2-7-19-21/h2-4,7-8,16H,5-6,9-14H2,1H3/t16-,18-/m1/s1. The Morgan fingerprint density at radius 1 is 1.42 bits per heavy atom. The first-order chi connectivity index (χ1) is 11.7. The van der Waals surface area contributed by atoms with E-state index in [0.717, 1.165) is 45.6 Å². The predicted molar refractivity (Wildman–Crippen MR) is 94.2 cm³/mol. The van der Waals surface area contributed by atoms with E-state index in [-0.39, 0.29) is 11.7 Å². The van der Waals surface area contributed by atoms with E-state index >= 15 is 0 Å². The average molecular weight is 347 g/mol. The van der Waals surface area contributed by atoms with Crippen LogP contribution in [-0.4, -0.2) is 52.7 Å². The SMILES string of the molecule is Cc1ccc(CN2CCOC[C@@]3(CC[C@H](Cn4cccn4)O3)C2)s1. The first kappa shape index (κ1) is 16.3. The van der Waals surface area contributed by atoms with Crippen molar-refractivity contribution in [3.05, 3.63) is 40.3 Å². The lowest BCUT2D eigenvalue weighted by atomic mass is 10.00. The molecule has 0 aliphatic carbocycles. The van der Waals surface area contributed by atoms with Gasteiger partial charge in [-0.05, 0) is 38.0 Å². The topological polar surface area (TPSA) is 39.5 Å². The molecule has 0 aromatic carbocycles. The number of aryl methyl sites for hydroxylation is 1. The van der Waals surface area contributed by atoms with Crippen LogP contribution in [0.5, 0.6) is 0 Å². The average Bonchev–Trinajstić information content (AvgIpc) is 3.25. The Bertz CT molecular complexity index is 657. The first-order valence-electron chi connectivity index (χ1n) is 8.71. The Labute approximate surface area is 147 Å². The smallest absolute Gasteiger partial charge is 0.105 e. The summed E-state index contributed by atoms with van der Waals surface area (Å²) in [6.45, 7) is 7.43. The molecule has 2 aromatic rings. The zero-order valence-electron chi connectivity index (χ0n) is 14.2. The van der Waals surface area contributed by atoms with Crippen molar-refractivity contribution in [2.75, 3.05) is 26.3 Å². The lowest BCUT2D eigenvalue weighted by molar-refractivity contribution is -0.0904. The fourth-order valence-electron chi connectivity index (χ4n) is 3.77. The summed E-state index contributed by atoms with van der Waals surface area (Å²) in [6.07, 6.45) is 6.21. The van der Waals surface area contributed by atoms with Gasteiger partial charge in [-0.15, -0.1) is 11.3 Å². The minimum absolute atomic E-state index is 0.152. The van der Waals surface area contributed by atoms with Crippen LogP contribution in [0, 0.1) is 6.92 Å². The van der Waals surface area contributed by atoms with Crippen LogP contribution in [0.1, 0.15) is 22.6 Å². The number of nitrogens with zero attached hydrogens (tertiary/aromatic N) is 3. The van der Waals surface area contributed by atoms with E-state index in [1.807, 2.05) is 34.5 Å². The zero-order valence-corrected chi connectivity index (χ0v) is 15.0. The van der Waals surface area contributed by atoms with Gasteiger partial charge in [0.25, 0.3) is 0 Å². The van der Waals surface area contributed by atoms with Gasteiger partial charge in [0.2, 0.25) is 0 Å². The van der Waals surface area contributed by atoms with Crippen molar-refractivity contribution in [2.24, 2.45) is 0 Å². The van der Waals surface area contributed by atoms with Crippen molar-refractivity contribution in [1.82, 2.24) is 14.7 Å². The number of rotatable bonds is 4. The van der Waals surface area contributed by atoms with Gasteiger partial charge >= 0.3 is 0 Å². The molecule has 0 bridgehead atoms. The van der Waals surface area contributed by atoms with Crippen LogP contribution in [0.25, 0.3) is 0 Å². The highest BCUT2D eigenvalue weighted by Crippen LogP contribution is 2.34. The van der Waals surface area contributed by atoms with Gasteiger partial charge in [-0.3, -0.25) is 9.58 Å². The van der Waals surface area contributed by atoms with Crippen molar-refractivity contribution >= 4 is 11.3 Å². The van der Waals surface area contributed by atoms with Crippen LogP contribution in [0.2, 0.25) is 0 Å². The molecule has 2 aromatic heterocycles. The van der Waals surface area contributed by atoms with Gasteiger partial charge in [0.05, 0.1) is 25.9 Å². The Hall–Kier alpha value is -1.21. The minimum Gasteiger partial charge on any atom is -0.377 e. The van der Waals surface area contributed by atoms with Crippen molar-refractivity contribution in [1.29, 1.82) is 0 Å². The summed E-state index contributed by atoms with van der Waals surface area (Å²) in [4.78, 5) is 5.30. The second-order valence-electron chi connectivity index (χ2n) is 6.97. The van der Waals surface area contributed by atoms with Crippen LogP contribution in [0.15, 0.2) is 30.6 Å². The molecule has 2 fully saturated rings. The highest BCUT2D eigenvalue weighted by atomic mass is 32.1. The molecular weight excluding hydrogens is 322 g/mol. The van der Waals surface area contributed by atoms with Crippen molar-refractivity contribution in [2.45, 2.75) is 44.6 Å². The van der Waals surface area contributed by atoms with Gasteiger partial charge < -0.3 is 9.47 Å². The molecule has 4 heterocycles. The summed E-state index contributed by atoms with van der Waals surface area (Å²) in [5, 5.41) is 4.30. The summed E-state index contributed by atoms with van der Waals surface area (Å²) >= 11 is 1.89. The number of hydrogen-bond acceptors (Lipinski definition) is 5. The Morgan fingerprint density at radius 3 is 3.17 bits per heavy atom. The van der Waals surface area contributed by atoms with Crippen LogP contribution < -0.4 is 0 Å². The fraction of sp³-hybridized carbons (Fsp3) is 0.611. The van der Waals surface area contributed by atoms with Gasteiger partial charge in [-0.2, -0.15) is 5.10 Å². The molecule has 0 radical (unpaired) electrons. The molecule has 2 aliphatic rings. The van der Waals surface area contributed by atoms with Crippen LogP contribution in [0.4, 0.5) is 0 Å². The summed E-state index contributed by atoms with van der Waals surface area (Å²) in [6, 6.07) is 6.41. The van der Waals surface area contributed by atoms with Crippen molar-refractivity contribution in [3.8, 4) is 0 Å². The number of aromatic nitrogens is 2. The molecule has 2 aliphatic heterocycles. The molecular formula is C18H25N3O2S. The first-order valence-corrected chi connectivity index (χ1v) is 9.53. The third-order valence-corrected chi connectivity index (χ3v) is 5.88. The van der Waals surface area contributed by atoms with E-state index in [9.17, 15) is 0 Å². The third-order valence-electron chi connectivity index (χ3n) is 4.89. The van der Waals surface area contributed by atoms with Gasteiger partial charge in [0, 0.05) is 41.8 Å². The van der Waals surface area contributed by atoms with Crippen LogP contribution >= 0.6 is 11.3 Å². The third kappa shape index (κ3) is 3.72. The Balaban J connectivity index is 1.40. The molecule has 130 valence electrons. The van der Waals surface area contributed by atoms with E-state index in [2.05, 4.69) is 29.1 Å². The fourth-order valence-corrected chi connectivity index (χ4v) is 4.71. The molecule has 4 rings (SSSR count). The van der Waals surface area contributed by atoms with Crippen LogP contribution in [-0.2, 0) is 22.6 Å². The summed E-state index contributed by atoms with van der Waals surface area (Å²) in [5.74, 6) is 0. The quantitative estimate of drug-likeness (QED) is 0.852. The molecule has 0 amide bonds. The molecule has 5 nitrogen and oxygen atoms in total. The zero-order chi connectivity index (χ0) is 16.4. The molecule has 6 heteroatoms. The highest BCUT2D eigenvalue weighted by Gasteiger charge is 2.43. The number of thiophene rings is 1. The molecule has 0 N–H and O–H groups in total. The van der Waals surface area contributed by atoms with Crippen LogP contribution in [0.3, 0.4) is 0 Å². The minimum atomic E-state index is -0.152. The summed E-state index contributed by atoms with van der Waals surface area (Å²) < 4.78 is 14.4. The lowest BCUT2D eigenvalue weighted by Crippen LogP contribution is -2.44. The van der Waals surface area contributed by atoms with E-state index in [1.165, 1.54) is 9.75 Å². The van der Waals surface area contributed by atoms with Crippen molar-refractivity contribution < 1.29 is 9.47 Å². The van der Waals surface area contributed by atoms with Crippen molar-refractivity contribution in [3.63, 3.8) is 0 Å². The predicted octanol–water partition coefficient (Wildman–Crippen LogP) is 2.70. The Kier molecular flexibility index (Phi) is 4.72. The van der Waals surface area contributed by atoms with Gasteiger partial charge in [0.1, 0.15) is 5.60 Å². The summed E-state index contributed by atoms with van der Waals surface area (Å²) in [5.41, 5.74) is -0.152. The number of hydrogen-bond donors (Lipinski definition) is 0. The highest BCUT2D eigenvalue weighted by molar-refractivity contribution is 7.11. The maximum absolute atomic E-state index is 6.49. The molecule has 2 saturated heterocycles. The van der Waals surface area contributed by atoms with E-state index in [4.69, 9.17) is 9.47 Å². The van der Waals surface area contributed by atoms with E-state index in [1.54, 1.807) is 0 Å². The molecule has 0 saturated carbocycles. The van der Waals surface area contributed by atoms with Gasteiger partial charge in [-0.1, -0.05) is 0 Å². The molecule has 2 atom stereocenters. The second-order valence-corrected chi connectivity index (χ2v) is 8.34. The normalized spacial score (nSPS) is 28.5. The number of ether oxygens (including phenoxy) is 2. The molecule has 0 unspecified atom stereocenters. The van der Waals surface area contributed by atoms with E-state index in [0.29, 0.717) is 6.61 Å². The van der Waals surface area contributed by atoms with Gasteiger partial charge in [0.15, 0.2) is 0 Å². The maximum atomic E-state index is 6.49. The Morgan fingerprint density at radius 2 is 2.38 bits per heavy atom. The van der Waals surface area contributed by atoms with Gasteiger partial charge in [-0.25, -0.2) is 0 Å². The molecule has 1 spiro atoms. The second kappa shape index (κ2) is 6.96. The maximum Gasteiger partial charge on any atom is 0.105 e. The summed E-state index contributed by atoms with van der Waals surface area (Å²) in [7, 11) is 0. The monoisotopic (exact) mass is 347 g/mol. The molecule has 24 heavy (non-hydrogen) atoms. The largest absolute Gasteiger partial charge is 0.377 e. The van der Waals surface area contributed by atoms with E-state index < -0.39 is 0 Å².